The molecule has 0 aromatic heterocycles. The first-order chi connectivity index (χ1) is 2.91. The minimum Gasteiger partial charge on any atom is -0.330 e. The van der Waals surface area contributed by atoms with Crippen molar-refractivity contribution >= 4 is 11.9 Å². The van der Waals surface area contributed by atoms with E-state index in [1.807, 2.05) is 0 Å². The second-order valence-corrected chi connectivity index (χ2v) is 1.17. The van der Waals surface area contributed by atoms with Gasteiger partial charge in [-0.3, -0.25) is 4.29 Å². The molecule has 38 valence electrons. The minimum absolute atomic E-state index is 0.554. The molecule has 2 N–H and O–H groups in total. The maximum Gasteiger partial charge on any atom is 0.0694 e. The van der Waals surface area contributed by atoms with Crippen molar-refractivity contribution in [2.45, 2.75) is 6.42 Å². The molecule has 3 heteroatoms. The van der Waals surface area contributed by atoms with Crippen molar-refractivity contribution in [3.63, 3.8) is 0 Å². The number of hydrogen-bond donors (Lipinski definition) is 1. The molecule has 0 saturated carbocycles. The Morgan fingerprint density at radius 3 is 2.50 bits per heavy atom. The van der Waals surface area contributed by atoms with E-state index in [0.29, 0.717) is 13.2 Å². The number of nitrogens with two attached hydrogens (primary N) is 1. The van der Waals surface area contributed by atoms with Crippen LogP contribution in [0.15, 0.2) is 0 Å². The first-order valence-corrected chi connectivity index (χ1v) is 2.16. The van der Waals surface area contributed by atoms with Crippen molar-refractivity contribution in [3.8, 4) is 0 Å². The molecule has 6 heavy (non-hydrogen) atoms. The van der Waals surface area contributed by atoms with Crippen LogP contribution in [0, 0.1) is 0 Å². The third kappa shape index (κ3) is 4.21. The second-order valence-electron chi connectivity index (χ2n) is 0.955. The Kier molecular flexibility index (Phi) is 5.39. The van der Waals surface area contributed by atoms with Gasteiger partial charge in [-0.05, 0) is 13.0 Å². The van der Waals surface area contributed by atoms with Gasteiger partial charge >= 0.3 is 0 Å². The Labute approximate surface area is 42.4 Å². The highest BCUT2D eigenvalue weighted by atomic mass is 35.5. The molecule has 0 heterocycles. The van der Waals surface area contributed by atoms with E-state index in [0.717, 1.165) is 6.42 Å². The molecule has 0 saturated heterocycles. The standard InChI is InChI=1S/C3H8ClNO/c4-6-3-1-2-5/h1-3,5H2. The molecule has 2 nitrogen and oxygen atoms in total. The Bertz CT molecular complexity index is 22.8. The predicted octanol–water partition coefficient (Wildman–Crippen LogP) is 0.506. The van der Waals surface area contributed by atoms with Gasteiger partial charge in [0.1, 0.15) is 0 Å². The van der Waals surface area contributed by atoms with Crippen LogP contribution in [0.1, 0.15) is 6.42 Å². The summed E-state index contributed by atoms with van der Waals surface area (Å²) in [6.45, 7) is 1.20. The molecular weight excluding hydrogens is 101 g/mol. The summed E-state index contributed by atoms with van der Waals surface area (Å²) >= 11 is 4.82. The topological polar surface area (TPSA) is 35.2 Å². The molecule has 0 unspecified atom stereocenters. The van der Waals surface area contributed by atoms with Crippen LogP contribution in [0.5, 0.6) is 0 Å². The van der Waals surface area contributed by atoms with E-state index < -0.39 is 0 Å². The Hall–Kier alpha value is 0.210. The number of hydrogen-bond acceptors (Lipinski definition) is 2. The zero-order valence-electron chi connectivity index (χ0n) is 3.48. The first-order valence-electron chi connectivity index (χ1n) is 1.85. The van der Waals surface area contributed by atoms with Crippen molar-refractivity contribution in [3.05, 3.63) is 0 Å². The molecule has 0 bridgehead atoms. The zero-order chi connectivity index (χ0) is 4.83. The van der Waals surface area contributed by atoms with Crippen LogP contribution in [-0.4, -0.2) is 13.2 Å². The van der Waals surface area contributed by atoms with Crippen LogP contribution in [-0.2, 0) is 4.29 Å². The lowest BCUT2D eigenvalue weighted by Crippen LogP contribution is -2.00. The minimum atomic E-state index is 0.554. The van der Waals surface area contributed by atoms with E-state index in [4.69, 9.17) is 17.6 Å². The van der Waals surface area contributed by atoms with Gasteiger partial charge in [-0.15, -0.1) is 0 Å². The first kappa shape index (κ1) is 6.21. The average molecular weight is 110 g/mol. The van der Waals surface area contributed by atoms with Crippen LogP contribution in [0.4, 0.5) is 0 Å². The second kappa shape index (κ2) is 5.21. The van der Waals surface area contributed by atoms with Crippen LogP contribution in [0.25, 0.3) is 0 Å². The fourth-order valence-electron chi connectivity index (χ4n) is 0.138. The molecule has 0 radical (unpaired) electrons. The van der Waals surface area contributed by atoms with Gasteiger partial charge in [0.05, 0.1) is 18.5 Å². The molecule has 0 atom stereocenters. The molecule has 0 aliphatic heterocycles. The third-order valence-electron chi connectivity index (χ3n) is 0.426. The smallest absolute Gasteiger partial charge is 0.0694 e. The normalized spacial score (nSPS) is 9.00. The van der Waals surface area contributed by atoms with Crippen LogP contribution >= 0.6 is 11.9 Å². The van der Waals surface area contributed by atoms with E-state index in [9.17, 15) is 0 Å². The van der Waals surface area contributed by atoms with E-state index >= 15 is 0 Å². The van der Waals surface area contributed by atoms with E-state index in [1.165, 1.54) is 0 Å². The summed E-state index contributed by atoms with van der Waals surface area (Å²) in [6.07, 6.45) is 0.837. The molecule has 0 aromatic carbocycles. The lowest BCUT2D eigenvalue weighted by atomic mass is 10.5. The van der Waals surface area contributed by atoms with Crippen molar-refractivity contribution in [1.82, 2.24) is 0 Å². The van der Waals surface area contributed by atoms with Crippen LogP contribution in [0.2, 0.25) is 0 Å². The lowest BCUT2D eigenvalue weighted by molar-refractivity contribution is 0.346. The highest BCUT2D eigenvalue weighted by Crippen LogP contribution is 1.80. The summed E-state index contributed by atoms with van der Waals surface area (Å²) in [4.78, 5) is 0. The van der Waals surface area contributed by atoms with Crippen LogP contribution in [0.3, 0.4) is 0 Å². The van der Waals surface area contributed by atoms with E-state index in [2.05, 4.69) is 4.29 Å². The van der Waals surface area contributed by atoms with E-state index in [1.54, 1.807) is 0 Å². The van der Waals surface area contributed by atoms with Gasteiger partial charge in [-0.1, -0.05) is 0 Å². The van der Waals surface area contributed by atoms with Gasteiger partial charge in [0.25, 0.3) is 0 Å². The van der Waals surface area contributed by atoms with Gasteiger partial charge in [0.15, 0.2) is 0 Å². The molecule has 0 rings (SSSR count). The lowest BCUT2D eigenvalue weighted by Gasteiger charge is -1.86. The van der Waals surface area contributed by atoms with Crippen molar-refractivity contribution in [2.75, 3.05) is 13.2 Å². The summed E-state index contributed by atoms with van der Waals surface area (Å²) in [5, 5.41) is 0. The zero-order valence-corrected chi connectivity index (χ0v) is 4.24. The fourth-order valence-corrected chi connectivity index (χ4v) is 0.247. The molecule has 0 aliphatic rings. The van der Waals surface area contributed by atoms with Crippen molar-refractivity contribution in [1.29, 1.82) is 0 Å². The molecule has 0 fully saturated rings. The largest absolute Gasteiger partial charge is 0.330 e. The Morgan fingerprint density at radius 1 is 1.67 bits per heavy atom. The number of rotatable bonds is 3. The molecule has 0 spiro atoms. The maximum atomic E-state index is 5.08. The summed E-state index contributed by atoms with van der Waals surface area (Å²) in [5.41, 5.74) is 5.08. The predicted molar refractivity (Wildman–Crippen MR) is 25.5 cm³/mol. The summed E-state index contributed by atoms with van der Waals surface area (Å²) in [7, 11) is 0. The van der Waals surface area contributed by atoms with Gasteiger partial charge in [0.2, 0.25) is 0 Å². The Morgan fingerprint density at radius 2 is 2.33 bits per heavy atom. The fraction of sp³-hybridized carbons (Fsp3) is 1.00. The maximum absolute atomic E-state index is 5.08. The summed E-state index contributed by atoms with van der Waals surface area (Å²) in [5.74, 6) is 0. The van der Waals surface area contributed by atoms with Crippen molar-refractivity contribution in [2.24, 2.45) is 5.73 Å². The molecule has 0 amide bonds. The summed E-state index contributed by atoms with van der Waals surface area (Å²) < 4.78 is 4.17. The van der Waals surface area contributed by atoms with E-state index in [-0.39, 0.29) is 0 Å². The SMILES string of the molecule is NCCCOCl. The highest BCUT2D eigenvalue weighted by molar-refractivity contribution is 6.07. The molecule has 0 aromatic rings. The molecule has 0 aliphatic carbocycles. The van der Waals surface area contributed by atoms with Gasteiger partial charge in [-0.25, -0.2) is 0 Å². The third-order valence-corrected chi connectivity index (χ3v) is 0.580. The quantitative estimate of drug-likeness (QED) is 0.536. The number of halogens is 1. The van der Waals surface area contributed by atoms with Gasteiger partial charge < -0.3 is 5.73 Å². The Balaban J connectivity index is 2.34. The average Bonchev–Trinajstić information content (AvgIpc) is 1.61. The van der Waals surface area contributed by atoms with Gasteiger partial charge in [0, 0.05) is 0 Å². The van der Waals surface area contributed by atoms with Crippen LogP contribution < -0.4 is 5.73 Å². The molecular formula is C3H8ClNO. The van der Waals surface area contributed by atoms with Gasteiger partial charge in [-0.2, -0.15) is 0 Å². The summed E-state index contributed by atoms with van der Waals surface area (Å²) in [6, 6.07) is 0. The van der Waals surface area contributed by atoms with Crippen molar-refractivity contribution < 1.29 is 4.29 Å². The highest BCUT2D eigenvalue weighted by Gasteiger charge is 1.76. The monoisotopic (exact) mass is 109 g/mol.